The number of carbonyl (C=O) groups excluding carboxylic acids is 1. The Kier molecular flexibility index (Phi) is 5.02. The number of nitrogens with zero attached hydrogens (tertiary/aromatic N) is 3. The van der Waals surface area contributed by atoms with Gasteiger partial charge in [-0.2, -0.15) is 5.10 Å². The van der Waals surface area contributed by atoms with Gasteiger partial charge in [0.2, 0.25) is 0 Å². The fourth-order valence-corrected chi connectivity index (χ4v) is 3.38. The molecule has 1 fully saturated rings. The number of alkyl halides is 2. The molecule has 2 heterocycles. The van der Waals surface area contributed by atoms with Crippen LogP contribution in [0.5, 0.6) is 0 Å². The number of carbonyl (C=O) groups is 1. The number of aromatic nitrogens is 4. The number of amides is 1. The van der Waals surface area contributed by atoms with Gasteiger partial charge in [-0.1, -0.05) is 0 Å². The van der Waals surface area contributed by atoms with Gasteiger partial charge in [0, 0.05) is 24.9 Å². The van der Waals surface area contributed by atoms with E-state index in [0.717, 1.165) is 24.5 Å². The molecule has 1 amide bonds. The Balaban J connectivity index is 1.57. The fraction of sp³-hybridized carbons (Fsp3) is 0.333. The summed E-state index contributed by atoms with van der Waals surface area (Å²) in [6, 6.07) is 1.87. The minimum absolute atomic E-state index is 0.0394. The molecular formula is C18H16F4N6O2. The summed E-state index contributed by atoms with van der Waals surface area (Å²) in [5.74, 6) is -5.06. The molecule has 0 spiro atoms. The molecular weight excluding hydrogens is 408 g/mol. The summed E-state index contributed by atoms with van der Waals surface area (Å²) in [6.07, 6.45) is -1.44. The minimum atomic E-state index is -3.02. The first-order valence-corrected chi connectivity index (χ1v) is 8.97. The van der Waals surface area contributed by atoms with E-state index in [1.54, 1.807) is 0 Å². The van der Waals surface area contributed by atoms with Gasteiger partial charge in [-0.3, -0.25) is 9.89 Å². The second-order valence-electron chi connectivity index (χ2n) is 7.02. The average Bonchev–Trinajstić information content (AvgIpc) is 3.23. The molecule has 1 aromatic carbocycles. The molecule has 30 heavy (non-hydrogen) atoms. The molecule has 12 heteroatoms. The lowest BCUT2D eigenvalue weighted by molar-refractivity contribution is -0.00352. The third-order valence-electron chi connectivity index (χ3n) is 4.83. The number of benzene rings is 1. The number of anilines is 1. The van der Waals surface area contributed by atoms with Crippen LogP contribution in [0.1, 0.15) is 28.9 Å². The maximum atomic E-state index is 13.8. The van der Waals surface area contributed by atoms with E-state index in [4.69, 9.17) is 0 Å². The van der Waals surface area contributed by atoms with Crippen LogP contribution in [0.4, 0.5) is 23.4 Å². The normalized spacial score (nSPS) is 20.4. The van der Waals surface area contributed by atoms with Gasteiger partial charge >= 0.3 is 0 Å². The van der Waals surface area contributed by atoms with Crippen LogP contribution in [-0.4, -0.2) is 49.2 Å². The largest absolute Gasteiger partial charge is 0.391 e. The van der Waals surface area contributed by atoms with E-state index in [1.165, 1.54) is 0 Å². The van der Waals surface area contributed by atoms with E-state index in [2.05, 4.69) is 30.8 Å². The quantitative estimate of drug-likeness (QED) is 0.467. The molecule has 0 radical (unpaired) electrons. The number of H-pyrrole nitrogens is 1. The standard InChI is InChI=1S/C18H16F4N6O2/c19-9-1-2-10(20)8(3-9)6-23-17(30)14-13-15(24-7-25-16(13)28-27-14)26-11-4-18(21,22)5-12(11)29/h1-3,7,11-12,29H,4-6H2,(H,23,30)(H2,24,25,26,27,28)/t11-,12-/m0/s1. The molecule has 3 aromatic rings. The highest BCUT2D eigenvalue weighted by molar-refractivity contribution is 6.07. The molecule has 1 saturated carbocycles. The van der Waals surface area contributed by atoms with Crippen molar-refractivity contribution < 1.29 is 27.5 Å². The van der Waals surface area contributed by atoms with Gasteiger partial charge < -0.3 is 15.7 Å². The highest BCUT2D eigenvalue weighted by atomic mass is 19.3. The first kappa shape index (κ1) is 20.0. The van der Waals surface area contributed by atoms with Crippen LogP contribution in [0, 0.1) is 11.6 Å². The summed E-state index contributed by atoms with van der Waals surface area (Å²) in [5.41, 5.74) is -0.0629. The van der Waals surface area contributed by atoms with Crippen molar-refractivity contribution in [1.82, 2.24) is 25.5 Å². The Bertz CT molecular complexity index is 1110. The maximum Gasteiger partial charge on any atom is 0.272 e. The number of halogens is 4. The maximum absolute atomic E-state index is 13.8. The van der Waals surface area contributed by atoms with Crippen LogP contribution < -0.4 is 10.6 Å². The van der Waals surface area contributed by atoms with Crippen molar-refractivity contribution in [2.45, 2.75) is 37.5 Å². The average molecular weight is 424 g/mol. The SMILES string of the molecule is O=C(NCc1cc(F)ccc1F)c1n[nH]c2ncnc(N[C@H]3CC(F)(F)C[C@@H]3O)c12. The lowest BCUT2D eigenvalue weighted by atomic mass is 10.2. The number of aliphatic hydroxyl groups excluding tert-OH is 1. The Morgan fingerprint density at radius 2 is 2.07 bits per heavy atom. The highest BCUT2D eigenvalue weighted by Gasteiger charge is 2.46. The summed E-state index contributed by atoms with van der Waals surface area (Å²) in [5, 5.41) is 21.6. The summed E-state index contributed by atoms with van der Waals surface area (Å²) in [6.45, 7) is -0.305. The molecule has 2 atom stereocenters. The highest BCUT2D eigenvalue weighted by Crippen LogP contribution is 2.37. The van der Waals surface area contributed by atoms with Crippen LogP contribution in [0.25, 0.3) is 11.0 Å². The van der Waals surface area contributed by atoms with Crippen LogP contribution in [0.15, 0.2) is 24.5 Å². The van der Waals surface area contributed by atoms with E-state index >= 15 is 0 Å². The van der Waals surface area contributed by atoms with Crippen LogP contribution in [0.3, 0.4) is 0 Å². The van der Waals surface area contributed by atoms with Crippen molar-refractivity contribution in [3.63, 3.8) is 0 Å². The Hall–Kier alpha value is -3.28. The summed E-state index contributed by atoms with van der Waals surface area (Å²) < 4.78 is 54.2. The molecule has 8 nitrogen and oxygen atoms in total. The van der Waals surface area contributed by atoms with Gasteiger partial charge in [-0.05, 0) is 18.2 Å². The monoisotopic (exact) mass is 424 g/mol. The minimum Gasteiger partial charge on any atom is -0.391 e. The van der Waals surface area contributed by atoms with Crippen molar-refractivity contribution in [3.05, 3.63) is 47.4 Å². The fourth-order valence-electron chi connectivity index (χ4n) is 3.38. The summed E-state index contributed by atoms with van der Waals surface area (Å²) in [7, 11) is 0. The molecule has 158 valence electrons. The molecule has 0 unspecified atom stereocenters. The number of hydrogen-bond acceptors (Lipinski definition) is 6. The number of hydrogen-bond donors (Lipinski definition) is 4. The molecule has 0 bridgehead atoms. The van der Waals surface area contributed by atoms with Gasteiger partial charge in [-0.25, -0.2) is 27.5 Å². The molecule has 1 aliphatic rings. The van der Waals surface area contributed by atoms with Gasteiger partial charge in [-0.15, -0.1) is 0 Å². The van der Waals surface area contributed by atoms with E-state index in [9.17, 15) is 27.5 Å². The zero-order valence-electron chi connectivity index (χ0n) is 15.3. The number of rotatable bonds is 5. The van der Waals surface area contributed by atoms with Gasteiger partial charge in [0.25, 0.3) is 11.8 Å². The molecule has 2 aromatic heterocycles. The van der Waals surface area contributed by atoms with Gasteiger partial charge in [0.1, 0.15) is 23.8 Å². The van der Waals surface area contributed by atoms with Crippen molar-refractivity contribution in [2.24, 2.45) is 0 Å². The number of fused-ring (bicyclic) bond motifs is 1. The smallest absolute Gasteiger partial charge is 0.272 e. The van der Waals surface area contributed by atoms with E-state index in [-0.39, 0.29) is 34.7 Å². The second kappa shape index (κ2) is 7.52. The van der Waals surface area contributed by atoms with Crippen molar-refractivity contribution >= 4 is 22.8 Å². The number of nitrogens with one attached hydrogen (secondary N) is 3. The predicted octanol–water partition coefficient (Wildman–Crippen LogP) is 2.13. The second-order valence-corrected chi connectivity index (χ2v) is 7.02. The molecule has 0 saturated heterocycles. The first-order valence-electron chi connectivity index (χ1n) is 8.97. The summed E-state index contributed by atoms with van der Waals surface area (Å²) >= 11 is 0. The van der Waals surface area contributed by atoms with Crippen LogP contribution in [0.2, 0.25) is 0 Å². The summed E-state index contributed by atoms with van der Waals surface area (Å²) in [4.78, 5) is 20.5. The third kappa shape index (κ3) is 3.90. The number of aromatic amines is 1. The Morgan fingerprint density at radius 3 is 2.80 bits per heavy atom. The van der Waals surface area contributed by atoms with Crippen molar-refractivity contribution in [2.75, 3.05) is 5.32 Å². The van der Waals surface area contributed by atoms with Crippen molar-refractivity contribution in [1.29, 1.82) is 0 Å². The van der Waals surface area contributed by atoms with Gasteiger partial charge in [0.15, 0.2) is 11.3 Å². The predicted molar refractivity (Wildman–Crippen MR) is 96.8 cm³/mol. The lowest BCUT2D eigenvalue weighted by Crippen LogP contribution is -2.29. The number of aliphatic hydroxyl groups is 1. The van der Waals surface area contributed by atoms with E-state index in [1.807, 2.05) is 0 Å². The molecule has 1 aliphatic carbocycles. The third-order valence-corrected chi connectivity index (χ3v) is 4.83. The zero-order chi connectivity index (χ0) is 21.5. The first-order chi connectivity index (χ1) is 14.2. The Morgan fingerprint density at radius 1 is 1.27 bits per heavy atom. The zero-order valence-corrected chi connectivity index (χ0v) is 15.3. The van der Waals surface area contributed by atoms with E-state index in [0.29, 0.717) is 0 Å². The Labute approximate surface area is 166 Å². The van der Waals surface area contributed by atoms with Gasteiger partial charge in [0.05, 0.1) is 17.5 Å². The topological polar surface area (TPSA) is 116 Å². The van der Waals surface area contributed by atoms with Crippen molar-refractivity contribution in [3.8, 4) is 0 Å². The molecule has 0 aliphatic heterocycles. The van der Waals surface area contributed by atoms with Crippen LogP contribution in [-0.2, 0) is 6.54 Å². The lowest BCUT2D eigenvalue weighted by Gasteiger charge is -2.17. The van der Waals surface area contributed by atoms with E-state index < -0.39 is 48.5 Å². The van der Waals surface area contributed by atoms with Crippen LogP contribution >= 0.6 is 0 Å². The molecule has 4 rings (SSSR count). The molecule has 4 N–H and O–H groups in total.